The third-order valence-electron chi connectivity index (χ3n) is 7.03. The zero-order chi connectivity index (χ0) is 24.2. The molecule has 0 spiro atoms. The summed E-state index contributed by atoms with van der Waals surface area (Å²) >= 11 is 12.4. The molecule has 1 aliphatic heterocycles. The Balaban J connectivity index is 1.30. The molecule has 35 heavy (non-hydrogen) atoms. The number of aromatic nitrogens is 4. The lowest BCUT2D eigenvalue weighted by molar-refractivity contribution is -0.0313. The molecule has 1 fully saturated rings. The molecule has 7 nitrogen and oxygen atoms in total. The van der Waals surface area contributed by atoms with Crippen molar-refractivity contribution in [3.05, 3.63) is 63.6 Å². The maximum absolute atomic E-state index is 6.32. The maximum Gasteiger partial charge on any atom is 0.274 e. The molecule has 0 bridgehead atoms. The molecular weight excluding hydrogens is 485 g/mol. The minimum absolute atomic E-state index is 0.340. The van der Waals surface area contributed by atoms with Crippen LogP contribution in [0, 0.1) is 0 Å². The number of halogens is 2. The number of fused-ring (bicyclic) bond motifs is 1. The predicted molar refractivity (Wildman–Crippen MR) is 136 cm³/mol. The van der Waals surface area contributed by atoms with Gasteiger partial charge in [-0.05, 0) is 50.5 Å². The summed E-state index contributed by atoms with van der Waals surface area (Å²) < 4.78 is 7.82. The first-order valence-corrected chi connectivity index (χ1v) is 12.8. The fourth-order valence-electron chi connectivity index (χ4n) is 5.10. The van der Waals surface area contributed by atoms with Crippen molar-refractivity contribution < 1.29 is 9.36 Å². The van der Waals surface area contributed by atoms with E-state index in [1.165, 1.54) is 36.6 Å². The third-order valence-corrected chi connectivity index (χ3v) is 7.60. The Kier molecular flexibility index (Phi) is 5.57. The summed E-state index contributed by atoms with van der Waals surface area (Å²) in [4.78, 5) is 10.4. The highest BCUT2D eigenvalue weighted by Crippen LogP contribution is 2.38. The number of oxime groups is 1. The average Bonchev–Trinajstić information content (AvgIpc) is 3.65. The van der Waals surface area contributed by atoms with E-state index < -0.39 is 5.60 Å². The van der Waals surface area contributed by atoms with Gasteiger partial charge in [-0.2, -0.15) is 10.1 Å². The minimum Gasteiger partial charge on any atom is -0.379 e. The first-order valence-electron chi connectivity index (χ1n) is 12.0. The summed E-state index contributed by atoms with van der Waals surface area (Å²) in [6.45, 7) is 4.06. The number of benzene rings is 2. The van der Waals surface area contributed by atoms with Crippen LogP contribution < -0.4 is 0 Å². The van der Waals surface area contributed by atoms with Crippen LogP contribution in [0.1, 0.15) is 69.1 Å². The van der Waals surface area contributed by atoms with Crippen LogP contribution in [0.4, 0.5) is 0 Å². The lowest BCUT2D eigenvalue weighted by Gasteiger charge is -2.15. The van der Waals surface area contributed by atoms with Crippen molar-refractivity contribution >= 4 is 39.8 Å². The highest BCUT2D eigenvalue weighted by Gasteiger charge is 2.42. The second-order valence-corrected chi connectivity index (χ2v) is 10.3. The first kappa shape index (κ1) is 22.6. The molecule has 0 saturated heterocycles. The Bertz CT molecular complexity index is 1450. The van der Waals surface area contributed by atoms with Crippen LogP contribution in [0.15, 0.2) is 46.1 Å². The lowest BCUT2D eigenvalue weighted by Crippen LogP contribution is -2.22. The van der Waals surface area contributed by atoms with Crippen LogP contribution in [-0.2, 0) is 16.9 Å². The van der Waals surface area contributed by atoms with E-state index >= 15 is 0 Å². The van der Waals surface area contributed by atoms with E-state index in [2.05, 4.69) is 45.1 Å². The average molecular weight is 510 g/mol. The fourth-order valence-corrected chi connectivity index (χ4v) is 5.47. The van der Waals surface area contributed by atoms with Crippen LogP contribution in [0.25, 0.3) is 22.3 Å². The van der Waals surface area contributed by atoms with Gasteiger partial charge in [0, 0.05) is 28.0 Å². The van der Waals surface area contributed by atoms with Crippen molar-refractivity contribution in [3.63, 3.8) is 0 Å². The molecule has 2 aromatic heterocycles. The molecule has 1 saturated carbocycles. The van der Waals surface area contributed by atoms with Crippen LogP contribution >= 0.6 is 23.2 Å². The van der Waals surface area contributed by atoms with Crippen LogP contribution in [0.2, 0.25) is 10.0 Å². The molecular formula is C26H25Cl2N5O2. The quantitative estimate of drug-likeness (QED) is 0.286. The lowest BCUT2D eigenvalue weighted by atomic mass is 9.95. The Morgan fingerprint density at radius 2 is 1.94 bits per heavy atom. The number of rotatable bonds is 5. The van der Waals surface area contributed by atoms with E-state index in [0.29, 0.717) is 39.8 Å². The molecule has 0 amide bonds. The van der Waals surface area contributed by atoms with Gasteiger partial charge in [-0.15, -0.1) is 0 Å². The Hall–Kier alpha value is -2.90. The van der Waals surface area contributed by atoms with Gasteiger partial charge in [0.15, 0.2) is 0 Å². The summed E-state index contributed by atoms with van der Waals surface area (Å²) in [5.41, 5.74) is 3.90. The van der Waals surface area contributed by atoms with Gasteiger partial charge < -0.3 is 9.36 Å². The van der Waals surface area contributed by atoms with Crippen molar-refractivity contribution in [3.8, 4) is 11.4 Å². The second-order valence-electron chi connectivity index (χ2n) is 9.50. The SMILES string of the molecule is CCc1nn(C2CCCC2)c2cc(C3=NOC(C)(c4nc(-c5cc(Cl)ccc5Cl)no4)C3)ccc12. The Morgan fingerprint density at radius 1 is 1.11 bits per heavy atom. The molecule has 6 rings (SSSR count). The van der Waals surface area contributed by atoms with Crippen molar-refractivity contribution in [2.24, 2.45) is 5.16 Å². The topological polar surface area (TPSA) is 78.3 Å². The minimum atomic E-state index is -0.874. The van der Waals surface area contributed by atoms with Gasteiger partial charge in [-0.25, -0.2) is 0 Å². The van der Waals surface area contributed by atoms with Gasteiger partial charge >= 0.3 is 0 Å². The normalized spacial score (nSPS) is 20.5. The van der Waals surface area contributed by atoms with E-state index in [1.807, 2.05) is 6.92 Å². The molecule has 1 atom stereocenters. The van der Waals surface area contributed by atoms with Crippen LogP contribution in [-0.4, -0.2) is 25.6 Å². The van der Waals surface area contributed by atoms with Gasteiger partial charge in [-0.1, -0.05) is 65.4 Å². The zero-order valence-electron chi connectivity index (χ0n) is 19.6. The van der Waals surface area contributed by atoms with Gasteiger partial charge in [-0.3, -0.25) is 4.68 Å². The Morgan fingerprint density at radius 3 is 2.74 bits per heavy atom. The fraction of sp³-hybridized carbons (Fsp3) is 0.385. The number of hydrogen-bond acceptors (Lipinski definition) is 6. The molecule has 2 aliphatic rings. The van der Waals surface area contributed by atoms with Crippen molar-refractivity contribution in [1.29, 1.82) is 0 Å². The van der Waals surface area contributed by atoms with Gasteiger partial charge in [0.1, 0.15) is 0 Å². The summed E-state index contributed by atoms with van der Waals surface area (Å²) in [5.74, 6) is 0.701. The monoisotopic (exact) mass is 509 g/mol. The summed E-state index contributed by atoms with van der Waals surface area (Å²) in [6, 6.07) is 12.1. The molecule has 9 heteroatoms. The largest absolute Gasteiger partial charge is 0.379 e. The van der Waals surface area contributed by atoms with Gasteiger partial charge in [0.05, 0.1) is 28.0 Å². The molecule has 4 aromatic rings. The maximum atomic E-state index is 6.32. The number of aryl methyl sites for hydroxylation is 1. The molecule has 180 valence electrons. The van der Waals surface area contributed by atoms with Crippen LogP contribution in [0.5, 0.6) is 0 Å². The summed E-state index contributed by atoms with van der Waals surface area (Å²) in [6.07, 6.45) is 6.30. The molecule has 2 aromatic carbocycles. The second kappa shape index (κ2) is 8.64. The van der Waals surface area contributed by atoms with E-state index in [9.17, 15) is 0 Å². The summed E-state index contributed by atoms with van der Waals surface area (Å²) in [5, 5.41) is 15.8. The van der Waals surface area contributed by atoms with Crippen LogP contribution in [0.3, 0.4) is 0 Å². The number of nitrogens with zero attached hydrogens (tertiary/aromatic N) is 5. The molecule has 0 N–H and O–H groups in total. The third kappa shape index (κ3) is 3.91. The van der Waals surface area contributed by atoms with E-state index in [-0.39, 0.29) is 0 Å². The Labute approximate surface area is 213 Å². The van der Waals surface area contributed by atoms with Crippen molar-refractivity contribution in [1.82, 2.24) is 19.9 Å². The van der Waals surface area contributed by atoms with E-state index in [4.69, 9.17) is 37.7 Å². The first-order chi connectivity index (χ1) is 16.9. The van der Waals surface area contributed by atoms with E-state index in [0.717, 1.165) is 23.4 Å². The standard InChI is InChI=1S/C26H25Cl2N5O2/c1-3-21-18-10-8-15(12-23(18)33(30-21)17-6-4-5-7-17)22-14-26(2,35-31-22)25-29-24(32-34-25)19-13-16(27)9-11-20(19)28/h8-13,17H,3-7,14H2,1-2H3. The van der Waals surface area contributed by atoms with Gasteiger partial charge in [0.2, 0.25) is 11.4 Å². The van der Waals surface area contributed by atoms with E-state index in [1.54, 1.807) is 18.2 Å². The van der Waals surface area contributed by atoms with Crippen molar-refractivity contribution in [2.45, 2.75) is 64.0 Å². The molecule has 1 aliphatic carbocycles. The highest BCUT2D eigenvalue weighted by atomic mass is 35.5. The number of hydrogen-bond donors (Lipinski definition) is 0. The smallest absolute Gasteiger partial charge is 0.274 e. The molecule has 3 heterocycles. The van der Waals surface area contributed by atoms with Crippen molar-refractivity contribution in [2.75, 3.05) is 0 Å². The predicted octanol–water partition coefficient (Wildman–Crippen LogP) is 7.11. The van der Waals surface area contributed by atoms with Gasteiger partial charge in [0.25, 0.3) is 5.89 Å². The summed E-state index contributed by atoms with van der Waals surface area (Å²) in [7, 11) is 0. The molecule has 1 unspecified atom stereocenters. The zero-order valence-corrected chi connectivity index (χ0v) is 21.1. The molecule has 0 radical (unpaired) electrons. The highest BCUT2D eigenvalue weighted by molar-refractivity contribution is 6.35.